The zero-order valence-corrected chi connectivity index (χ0v) is 17.1. The summed E-state index contributed by atoms with van der Waals surface area (Å²) in [6, 6.07) is 16.4. The third-order valence-electron chi connectivity index (χ3n) is 5.32. The van der Waals surface area contributed by atoms with Crippen LogP contribution in [0.1, 0.15) is 16.8 Å². The molecule has 160 valence electrons. The first-order valence-corrected chi connectivity index (χ1v) is 10.3. The summed E-state index contributed by atoms with van der Waals surface area (Å²) in [5.74, 6) is -0.741. The number of nitrogens with zero attached hydrogens (tertiary/aromatic N) is 4. The zero-order valence-electron chi connectivity index (χ0n) is 17.1. The molecule has 0 radical (unpaired) electrons. The van der Waals surface area contributed by atoms with Crippen molar-refractivity contribution in [3.8, 4) is 5.69 Å². The van der Waals surface area contributed by atoms with Crippen LogP contribution < -0.4 is 10.2 Å². The second kappa shape index (κ2) is 9.42. The summed E-state index contributed by atoms with van der Waals surface area (Å²) < 4.78 is 15.2. The van der Waals surface area contributed by atoms with E-state index in [1.165, 1.54) is 23.1 Å². The molecule has 0 unspecified atom stereocenters. The minimum absolute atomic E-state index is 0.0232. The van der Waals surface area contributed by atoms with Crippen LogP contribution >= 0.6 is 0 Å². The maximum atomic E-state index is 13.9. The lowest BCUT2D eigenvalue weighted by molar-refractivity contribution is -0.131. The number of halogens is 1. The van der Waals surface area contributed by atoms with Crippen LogP contribution in [0.5, 0.6) is 0 Å². The van der Waals surface area contributed by atoms with Gasteiger partial charge in [0.15, 0.2) is 0 Å². The van der Waals surface area contributed by atoms with E-state index in [2.05, 4.69) is 27.4 Å². The third-order valence-corrected chi connectivity index (χ3v) is 5.32. The molecular weight excluding hydrogens is 397 g/mol. The number of carbonyl (C=O) groups excluding carboxylic acids is 2. The van der Waals surface area contributed by atoms with Gasteiger partial charge >= 0.3 is 0 Å². The Bertz CT molecular complexity index is 1040. The Morgan fingerprint density at radius 2 is 1.68 bits per heavy atom. The van der Waals surface area contributed by atoms with Crippen molar-refractivity contribution < 1.29 is 14.0 Å². The lowest BCUT2D eigenvalue weighted by Gasteiger charge is -2.36. The molecule has 1 saturated heterocycles. The van der Waals surface area contributed by atoms with E-state index in [0.29, 0.717) is 18.7 Å². The fraction of sp³-hybridized carbons (Fsp3) is 0.261. The quantitative estimate of drug-likeness (QED) is 0.664. The van der Waals surface area contributed by atoms with E-state index in [-0.39, 0.29) is 30.5 Å². The van der Waals surface area contributed by atoms with Crippen LogP contribution in [0.4, 0.5) is 10.1 Å². The third kappa shape index (κ3) is 4.91. The minimum Gasteiger partial charge on any atom is -0.368 e. The SMILES string of the molecule is O=C(NCCC(=O)N1CCN(c2ccccc2)CC1)c1cnn(-c2ccccc2F)c1. The summed E-state index contributed by atoms with van der Waals surface area (Å²) in [5, 5.41) is 6.79. The molecule has 0 atom stereocenters. The summed E-state index contributed by atoms with van der Waals surface area (Å²) in [7, 11) is 0. The Morgan fingerprint density at radius 1 is 0.968 bits per heavy atom. The molecule has 3 aromatic rings. The fourth-order valence-corrected chi connectivity index (χ4v) is 3.61. The highest BCUT2D eigenvalue weighted by Crippen LogP contribution is 2.16. The highest BCUT2D eigenvalue weighted by atomic mass is 19.1. The van der Waals surface area contributed by atoms with Gasteiger partial charge in [0.2, 0.25) is 5.91 Å². The van der Waals surface area contributed by atoms with E-state index in [4.69, 9.17) is 0 Å². The van der Waals surface area contributed by atoms with Gasteiger partial charge in [-0.1, -0.05) is 30.3 Å². The first-order chi connectivity index (χ1) is 15.1. The number of hydrogen-bond donors (Lipinski definition) is 1. The second-order valence-corrected chi connectivity index (χ2v) is 7.33. The molecule has 0 aliphatic carbocycles. The largest absolute Gasteiger partial charge is 0.368 e. The van der Waals surface area contributed by atoms with Crippen molar-refractivity contribution in [3.63, 3.8) is 0 Å². The first kappa shape index (κ1) is 20.6. The molecule has 1 fully saturated rings. The van der Waals surface area contributed by atoms with E-state index < -0.39 is 5.82 Å². The predicted molar refractivity (Wildman–Crippen MR) is 116 cm³/mol. The number of nitrogens with one attached hydrogen (secondary N) is 1. The molecule has 31 heavy (non-hydrogen) atoms. The van der Waals surface area contributed by atoms with Gasteiger partial charge < -0.3 is 15.1 Å². The number of carbonyl (C=O) groups is 2. The zero-order chi connectivity index (χ0) is 21.6. The Hall–Kier alpha value is -3.68. The van der Waals surface area contributed by atoms with Gasteiger partial charge in [-0.3, -0.25) is 9.59 Å². The summed E-state index contributed by atoms with van der Waals surface area (Å²) >= 11 is 0. The number of rotatable bonds is 6. The van der Waals surface area contributed by atoms with Gasteiger partial charge in [-0.25, -0.2) is 9.07 Å². The number of aromatic nitrogens is 2. The average Bonchev–Trinajstić information content (AvgIpc) is 3.30. The molecule has 8 heteroatoms. The van der Waals surface area contributed by atoms with E-state index in [1.54, 1.807) is 18.2 Å². The van der Waals surface area contributed by atoms with Crippen molar-refractivity contribution in [2.24, 2.45) is 0 Å². The monoisotopic (exact) mass is 421 g/mol. The van der Waals surface area contributed by atoms with Crippen LogP contribution in [0.3, 0.4) is 0 Å². The first-order valence-electron chi connectivity index (χ1n) is 10.3. The number of hydrogen-bond acceptors (Lipinski definition) is 4. The molecule has 0 saturated carbocycles. The van der Waals surface area contributed by atoms with Gasteiger partial charge in [-0.05, 0) is 24.3 Å². The smallest absolute Gasteiger partial charge is 0.254 e. The van der Waals surface area contributed by atoms with Gasteiger partial charge in [-0.2, -0.15) is 5.10 Å². The number of anilines is 1. The van der Waals surface area contributed by atoms with Crippen LogP contribution in [0.2, 0.25) is 0 Å². The van der Waals surface area contributed by atoms with Crippen molar-refractivity contribution in [2.45, 2.75) is 6.42 Å². The molecule has 0 spiro atoms. The molecule has 7 nitrogen and oxygen atoms in total. The Morgan fingerprint density at radius 3 is 2.42 bits per heavy atom. The molecule has 4 rings (SSSR count). The number of benzene rings is 2. The fourth-order valence-electron chi connectivity index (χ4n) is 3.61. The van der Waals surface area contributed by atoms with Crippen LogP contribution in [0, 0.1) is 5.82 Å². The average molecular weight is 421 g/mol. The second-order valence-electron chi connectivity index (χ2n) is 7.33. The van der Waals surface area contributed by atoms with Crippen LogP contribution in [0.25, 0.3) is 5.69 Å². The van der Waals surface area contributed by atoms with Gasteiger partial charge in [-0.15, -0.1) is 0 Å². The number of piperazine rings is 1. The van der Waals surface area contributed by atoms with Gasteiger partial charge in [0.25, 0.3) is 5.91 Å². The molecule has 2 heterocycles. The topological polar surface area (TPSA) is 70.5 Å². The normalized spacial score (nSPS) is 13.8. The molecule has 1 aliphatic heterocycles. The Kier molecular flexibility index (Phi) is 6.26. The predicted octanol–water partition coefficient (Wildman–Crippen LogP) is 2.48. The lowest BCUT2D eigenvalue weighted by Crippen LogP contribution is -2.49. The van der Waals surface area contributed by atoms with Gasteiger partial charge in [0.1, 0.15) is 11.5 Å². The van der Waals surface area contributed by atoms with Gasteiger partial charge in [0.05, 0.1) is 11.8 Å². The van der Waals surface area contributed by atoms with Crippen molar-refractivity contribution in [1.29, 1.82) is 0 Å². The van der Waals surface area contributed by atoms with Crippen LogP contribution in [-0.2, 0) is 4.79 Å². The number of para-hydroxylation sites is 2. The molecule has 1 aromatic heterocycles. The highest BCUT2D eigenvalue weighted by molar-refractivity contribution is 5.94. The van der Waals surface area contributed by atoms with E-state index in [9.17, 15) is 14.0 Å². The highest BCUT2D eigenvalue weighted by Gasteiger charge is 2.21. The number of amides is 2. The molecule has 1 N–H and O–H groups in total. The van der Waals surface area contributed by atoms with Crippen molar-refractivity contribution in [2.75, 3.05) is 37.6 Å². The lowest BCUT2D eigenvalue weighted by atomic mass is 10.2. The minimum atomic E-state index is -0.421. The summed E-state index contributed by atoms with van der Waals surface area (Å²) in [4.78, 5) is 28.9. The van der Waals surface area contributed by atoms with E-state index in [1.807, 2.05) is 23.1 Å². The van der Waals surface area contributed by atoms with E-state index >= 15 is 0 Å². The molecule has 2 amide bonds. The summed E-state index contributed by atoms with van der Waals surface area (Å²) in [6.45, 7) is 3.14. The maximum Gasteiger partial charge on any atom is 0.254 e. The standard InChI is InChI=1S/C23H24FN5O2/c24-20-8-4-5-9-21(20)29-17-18(16-26-29)23(31)25-11-10-22(30)28-14-12-27(13-15-28)19-6-2-1-3-7-19/h1-9,16-17H,10-15H2,(H,25,31). The Labute approximate surface area is 180 Å². The molecule has 2 aromatic carbocycles. The summed E-state index contributed by atoms with van der Waals surface area (Å²) in [6.07, 6.45) is 3.09. The maximum absolute atomic E-state index is 13.9. The van der Waals surface area contributed by atoms with Crippen molar-refractivity contribution in [1.82, 2.24) is 20.0 Å². The van der Waals surface area contributed by atoms with Crippen molar-refractivity contribution >= 4 is 17.5 Å². The molecule has 0 bridgehead atoms. The Balaban J connectivity index is 1.23. The summed E-state index contributed by atoms with van der Waals surface area (Å²) in [5.41, 5.74) is 1.75. The van der Waals surface area contributed by atoms with Crippen LogP contribution in [0.15, 0.2) is 67.0 Å². The van der Waals surface area contributed by atoms with Gasteiger partial charge in [0, 0.05) is 51.0 Å². The molecule has 1 aliphatic rings. The molecular formula is C23H24FN5O2. The van der Waals surface area contributed by atoms with Crippen LogP contribution in [-0.4, -0.2) is 59.2 Å². The van der Waals surface area contributed by atoms with E-state index in [0.717, 1.165) is 18.8 Å². The van der Waals surface area contributed by atoms with Crippen molar-refractivity contribution in [3.05, 3.63) is 78.4 Å².